The molecule has 0 radical (unpaired) electrons. The van der Waals surface area contributed by atoms with Crippen molar-refractivity contribution in [3.8, 4) is 11.5 Å². The molecule has 8 heteroatoms. The number of hydrogen-bond donors (Lipinski definition) is 2. The Morgan fingerprint density at radius 1 is 1.04 bits per heavy atom. The first-order valence-electron chi connectivity index (χ1n) is 8.18. The van der Waals surface area contributed by atoms with Crippen molar-refractivity contribution in [3.63, 3.8) is 0 Å². The van der Waals surface area contributed by atoms with Crippen LogP contribution >= 0.6 is 0 Å². The van der Waals surface area contributed by atoms with Crippen molar-refractivity contribution in [2.45, 2.75) is 6.54 Å². The molecule has 0 aliphatic heterocycles. The Morgan fingerprint density at radius 2 is 1.85 bits per heavy atom. The maximum Gasteiger partial charge on any atom is 0.271 e. The number of anilines is 2. The molecule has 3 rings (SSSR count). The van der Waals surface area contributed by atoms with E-state index in [-0.39, 0.29) is 11.6 Å². The normalized spacial score (nSPS) is 10.1. The lowest BCUT2D eigenvalue weighted by Gasteiger charge is -2.12. The molecule has 0 aliphatic rings. The van der Waals surface area contributed by atoms with Gasteiger partial charge < -0.3 is 20.1 Å². The van der Waals surface area contributed by atoms with Crippen molar-refractivity contribution < 1.29 is 14.3 Å². The number of pyridine rings is 1. The van der Waals surface area contributed by atoms with E-state index >= 15 is 0 Å². The van der Waals surface area contributed by atoms with Gasteiger partial charge in [-0.2, -0.15) is 0 Å². The van der Waals surface area contributed by atoms with E-state index in [4.69, 9.17) is 9.47 Å². The van der Waals surface area contributed by atoms with Crippen LogP contribution < -0.4 is 20.1 Å². The molecule has 1 amide bonds. The summed E-state index contributed by atoms with van der Waals surface area (Å²) in [5, 5.41) is 5.90. The van der Waals surface area contributed by atoms with Gasteiger partial charge in [-0.1, -0.05) is 0 Å². The first-order valence-corrected chi connectivity index (χ1v) is 8.18. The Labute approximate surface area is 156 Å². The minimum Gasteiger partial charge on any atom is -0.497 e. The zero-order valence-corrected chi connectivity index (χ0v) is 15.0. The van der Waals surface area contributed by atoms with E-state index in [1.165, 1.54) is 12.4 Å². The second-order valence-corrected chi connectivity index (χ2v) is 5.52. The summed E-state index contributed by atoms with van der Waals surface area (Å²) in [6, 6.07) is 9.04. The van der Waals surface area contributed by atoms with Crippen LogP contribution in [-0.2, 0) is 6.54 Å². The molecule has 27 heavy (non-hydrogen) atoms. The van der Waals surface area contributed by atoms with Crippen LogP contribution in [0.4, 0.5) is 11.5 Å². The first kappa shape index (κ1) is 18.1. The Morgan fingerprint density at radius 3 is 2.52 bits per heavy atom. The molecule has 138 valence electrons. The summed E-state index contributed by atoms with van der Waals surface area (Å²) in [5.41, 5.74) is 1.86. The summed E-state index contributed by atoms with van der Waals surface area (Å²) < 4.78 is 10.5. The number of amides is 1. The highest BCUT2D eigenvalue weighted by atomic mass is 16.5. The SMILES string of the molecule is COc1ccc(OC)c(Nc2cnc(C(=O)NCc3ccncc3)cn2)c1. The lowest BCUT2D eigenvalue weighted by atomic mass is 10.2. The predicted octanol–water partition coefficient (Wildman–Crippen LogP) is 2.56. The standard InChI is InChI=1S/C19H19N5O3/c1-26-14-3-4-17(27-2)15(9-14)24-18-12-21-16(11-22-18)19(25)23-10-13-5-7-20-8-6-13/h3-9,11-12H,10H2,1-2H3,(H,22,24)(H,23,25). The van der Waals surface area contributed by atoms with E-state index in [1.807, 2.05) is 12.1 Å². The zero-order chi connectivity index (χ0) is 19.1. The lowest BCUT2D eigenvalue weighted by Crippen LogP contribution is -2.24. The number of carbonyl (C=O) groups excluding carboxylic acids is 1. The molecule has 0 aliphatic carbocycles. The molecule has 0 unspecified atom stereocenters. The van der Waals surface area contributed by atoms with Crippen molar-refractivity contribution in [1.29, 1.82) is 0 Å². The van der Waals surface area contributed by atoms with Crippen molar-refractivity contribution >= 4 is 17.4 Å². The quantitative estimate of drug-likeness (QED) is 0.664. The van der Waals surface area contributed by atoms with Crippen molar-refractivity contribution in [2.24, 2.45) is 0 Å². The second-order valence-electron chi connectivity index (χ2n) is 5.52. The molecule has 0 bridgehead atoms. The maximum absolute atomic E-state index is 12.2. The highest BCUT2D eigenvalue weighted by molar-refractivity contribution is 5.92. The molecule has 2 aromatic heterocycles. The van der Waals surface area contributed by atoms with Gasteiger partial charge in [-0.15, -0.1) is 0 Å². The number of rotatable bonds is 7. The van der Waals surface area contributed by atoms with E-state index in [0.717, 1.165) is 5.56 Å². The highest BCUT2D eigenvalue weighted by Gasteiger charge is 2.10. The average Bonchev–Trinajstić information content (AvgIpc) is 2.73. The van der Waals surface area contributed by atoms with Crippen LogP contribution in [0.1, 0.15) is 16.1 Å². The van der Waals surface area contributed by atoms with Crippen molar-refractivity contribution in [2.75, 3.05) is 19.5 Å². The molecule has 0 atom stereocenters. The molecule has 2 N–H and O–H groups in total. The number of ether oxygens (including phenoxy) is 2. The topological polar surface area (TPSA) is 98.3 Å². The van der Waals surface area contributed by atoms with Crippen LogP contribution in [0, 0.1) is 0 Å². The third-order valence-corrected chi connectivity index (χ3v) is 3.76. The predicted molar refractivity (Wildman–Crippen MR) is 100 cm³/mol. The van der Waals surface area contributed by atoms with Gasteiger partial charge in [0, 0.05) is 25.0 Å². The monoisotopic (exact) mass is 365 g/mol. The number of aromatic nitrogens is 3. The number of nitrogens with zero attached hydrogens (tertiary/aromatic N) is 3. The molecular weight excluding hydrogens is 346 g/mol. The van der Waals surface area contributed by atoms with Crippen molar-refractivity contribution in [1.82, 2.24) is 20.3 Å². The first-order chi connectivity index (χ1) is 13.2. The fourth-order valence-corrected chi connectivity index (χ4v) is 2.33. The van der Waals surface area contributed by atoms with Gasteiger partial charge in [-0.3, -0.25) is 9.78 Å². The fraction of sp³-hybridized carbons (Fsp3) is 0.158. The van der Waals surface area contributed by atoms with E-state index in [1.54, 1.807) is 44.8 Å². The minimum atomic E-state index is -0.301. The summed E-state index contributed by atoms with van der Waals surface area (Å²) in [5.74, 6) is 1.49. The zero-order valence-electron chi connectivity index (χ0n) is 15.0. The summed E-state index contributed by atoms with van der Waals surface area (Å²) >= 11 is 0. The molecule has 0 saturated carbocycles. The van der Waals surface area contributed by atoms with Crippen LogP contribution in [-0.4, -0.2) is 35.1 Å². The van der Waals surface area contributed by atoms with Gasteiger partial charge in [0.25, 0.3) is 5.91 Å². The number of carbonyl (C=O) groups is 1. The van der Waals surface area contributed by atoms with Crippen LogP contribution in [0.3, 0.4) is 0 Å². The van der Waals surface area contributed by atoms with E-state index in [2.05, 4.69) is 25.6 Å². The summed E-state index contributed by atoms with van der Waals surface area (Å²) in [4.78, 5) is 24.5. The van der Waals surface area contributed by atoms with Crippen LogP contribution in [0.25, 0.3) is 0 Å². The van der Waals surface area contributed by atoms with Gasteiger partial charge in [0.15, 0.2) is 0 Å². The largest absolute Gasteiger partial charge is 0.497 e. The van der Waals surface area contributed by atoms with Crippen LogP contribution in [0.15, 0.2) is 55.1 Å². The van der Waals surface area contributed by atoms with Gasteiger partial charge in [0.1, 0.15) is 23.0 Å². The highest BCUT2D eigenvalue weighted by Crippen LogP contribution is 2.30. The third-order valence-electron chi connectivity index (χ3n) is 3.76. The minimum absolute atomic E-state index is 0.229. The second kappa shape index (κ2) is 8.61. The molecule has 0 spiro atoms. The molecule has 1 aromatic carbocycles. The Balaban J connectivity index is 1.66. The van der Waals surface area contributed by atoms with Crippen molar-refractivity contribution in [3.05, 3.63) is 66.4 Å². The third kappa shape index (κ3) is 4.69. The maximum atomic E-state index is 12.2. The Kier molecular flexibility index (Phi) is 5.78. The molecule has 2 heterocycles. The number of benzene rings is 1. The number of nitrogens with one attached hydrogen (secondary N) is 2. The van der Waals surface area contributed by atoms with E-state index in [0.29, 0.717) is 29.5 Å². The van der Waals surface area contributed by atoms with E-state index in [9.17, 15) is 4.79 Å². The molecule has 0 saturated heterocycles. The smallest absolute Gasteiger partial charge is 0.271 e. The van der Waals surface area contributed by atoms with Gasteiger partial charge >= 0.3 is 0 Å². The average molecular weight is 365 g/mol. The van der Waals surface area contributed by atoms with Gasteiger partial charge in [0.2, 0.25) is 0 Å². The lowest BCUT2D eigenvalue weighted by molar-refractivity contribution is 0.0945. The summed E-state index contributed by atoms with van der Waals surface area (Å²) in [6.45, 7) is 0.393. The number of hydrogen-bond acceptors (Lipinski definition) is 7. The van der Waals surface area contributed by atoms with Crippen LogP contribution in [0.5, 0.6) is 11.5 Å². The Hall–Kier alpha value is -3.68. The Bertz CT molecular complexity index is 901. The van der Waals surface area contributed by atoms with E-state index < -0.39 is 0 Å². The molecular formula is C19H19N5O3. The number of methoxy groups -OCH3 is 2. The van der Waals surface area contributed by atoms with Gasteiger partial charge in [0.05, 0.1) is 32.3 Å². The molecule has 8 nitrogen and oxygen atoms in total. The fourth-order valence-electron chi connectivity index (χ4n) is 2.33. The van der Waals surface area contributed by atoms with Gasteiger partial charge in [-0.25, -0.2) is 9.97 Å². The molecule has 3 aromatic rings. The van der Waals surface area contributed by atoms with Gasteiger partial charge in [-0.05, 0) is 29.8 Å². The molecule has 0 fully saturated rings. The summed E-state index contributed by atoms with van der Waals surface area (Å²) in [7, 11) is 3.17. The summed E-state index contributed by atoms with van der Waals surface area (Å²) in [6.07, 6.45) is 6.25. The van der Waals surface area contributed by atoms with Crippen LogP contribution in [0.2, 0.25) is 0 Å².